The number of para-hydroxylation sites is 1. The molecule has 1 aliphatic carbocycles. The third-order valence-corrected chi connectivity index (χ3v) is 9.51. The molecule has 276 valence electrons. The zero-order valence-corrected chi connectivity index (χ0v) is 29.8. The van der Waals surface area contributed by atoms with Crippen molar-refractivity contribution in [3.8, 4) is 39.6 Å². The highest BCUT2D eigenvalue weighted by atomic mass is 16.7. The molecule has 2 aliphatic rings. The van der Waals surface area contributed by atoms with Crippen LogP contribution in [0.25, 0.3) is 28.1 Å². The van der Waals surface area contributed by atoms with E-state index in [-0.39, 0.29) is 6.61 Å². The van der Waals surface area contributed by atoms with E-state index in [0.717, 1.165) is 68.4 Å². The number of carbonyl (C=O) groups excluding carboxylic acids is 2. The lowest BCUT2D eigenvalue weighted by Crippen LogP contribution is -2.30. The van der Waals surface area contributed by atoms with Crippen molar-refractivity contribution in [1.29, 1.82) is 0 Å². The van der Waals surface area contributed by atoms with Crippen LogP contribution in [-0.2, 0) is 22.6 Å². The molecule has 0 atom stereocenters. The molecule has 0 saturated carbocycles. The molecule has 1 aliphatic heterocycles. The minimum absolute atomic E-state index is 0.169. The monoisotopic (exact) mass is 735 g/mol. The summed E-state index contributed by atoms with van der Waals surface area (Å²) >= 11 is 0. The second kappa shape index (κ2) is 16.2. The average Bonchev–Trinajstić information content (AvgIpc) is 3.93. The van der Waals surface area contributed by atoms with Gasteiger partial charge >= 0.3 is 0 Å². The predicted molar refractivity (Wildman–Crippen MR) is 203 cm³/mol. The van der Waals surface area contributed by atoms with Gasteiger partial charge in [-0.15, -0.1) is 5.06 Å². The molecular weight excluding hydrogens is 699 g/mol. The zero-order valence-electron chi connectivity index (χ0n) is 29.8. The number of hydroxylamine groups is 2. The van der Waals surface area contributed by atoms with Gasteiger partial charge in [-0.3, -0.25) is 19.4 Å². The number of nitrogens with zero attached hydrogens (tertiary/aromatic N) is 5. The van der Waals surface area contributed by atoms with E-state index in [4.69, 9.17) is 24.1 Å². The molecule has 0 unspecified atom stereocenters. The molecule has 12 nitrogen and oxygen atoms in total. The maximum Gasteiger partial charge on any atom is 0.285 e. The van der Waals surface area contributed by atoms with Crippen molar-refractivity contribution < 1.29 is 33.8 Å². The molecular formula is C43H37N5O7. The topological polar surface area (TPSA) is 138 Å². The Balaban J connectivity index is 0.838. The van der Waals surface area contributed by atoms with E-state index in [9.17, 15) is 14.8 Å². The van der Waals surface area contributed by atoms with E-state index in [1.54, 1.807) is 36.7 Å². The van der Waals surface area contributed by atoms with Crippen LogP contribution < -0.4 is 9.47 Å². The van der Waals surface area contributed by atoms with Crippen LogP contribution in [0.5, 0.6) is 11.5 Å². The number of aryl methyl sites for hydroxylation is 1. The van der Waals surface area contributed by atoms with Gasteiger partial charge in [0.05, 0.1) is 35.7 Å². The van der Waals surface area contributed by atoms with Gasteiger partial charge in [-0.05, 0) is 85.0 Å². The molecule has 0 bridgehead atoms. The highest BCUT2D eigenvalue weighted by Gasteiger charge is 2.36. The van der Waals surface area contributed by atoms with E-state index < -0.39 is 11.8 Å². The number of hydrogen-bond donors (Lipinski definition) is 1. The van der Waals surface area contributed by atoms with Crippen molar-refractivity contribution >= 4 is 17.5 Å². The second-order valence-corrected chi connectivity index (χ2v) is 13.0. The van der Waals surface area contributed by atoms with Gasteiger partial charge in [-0.25, -0.2) is 4.68 Å². The summed E-state index contributed by atoms with van der Waals surface area (Å²) in [6.07, 6.45) is 7.61. The van der Waals surface area contributed by atoms with E-state index in [1.807, 2.05) is 77.6 Å². The summed E-state index contributed by atoms with van der Waals surface area (Å²) in [5.41, 5.74) is 9.16. The number of ether oxygens (including phenoxy) is 3. The van der Waals surface area contributed by atoms with Crippen LogP contribution in [0.1, 0.15) is 50.2 Å². The summed E-state index contributed by atoms with van der Waals surface area (Å²) < 4.78 is 19.7. The summed E-state index contributed by atoms with van der Waals surface area (Å²) in [6, 6.07) is 32.3. The van der Waals surface area contributed by atoms with Crippen molar-refractivity contribution in [1.82, 2.24) is 19.8 Å². The first-order valence-corrected chi connectivity index (χ1v) is 18.0. The lowest BCUT2D eigenvalue weighted by molar-refractivity contribution is -0.0957. The molecule has 0 spiro atoms. The molecule has 2 amide bonds. The van der Waals surface area contributed by atoms with E-state index in [2.05, 4.69) is 22.3 Å². The number of oxime groups is 1. The number of hydrogen-bond acceptors (Lipinski definition) is 10. The lowest BCUT2D eigenvalue weighted by atomic mass is 9.98. The number of carbonyl (C=O) groups is 2. The van der Waals surface area contributed by atoms with Crippen LogP contribution in [0.2, 0.25) is 0 Å². The summed E-state index contributed by atoms with van der Waals surface area (Å²) in [4.78, 5) is 34.5. The van der Waals surface area contributed by atoms with Gasteiger partial charge in [-0.1, -0.05) is 53.7 Å². The van der Waals surface area contributed by atoms with Crippen LogP contribution in [0.3, 0.4) is 0 Å². The number of aromatic nitrogens is 3. The zero-order chi connectivity index (χ0) is 37.6. The predicted octanol–water partition coefficient (Wildman–Crippen LogP) is 7.32. The third-order valence-electron chi connectivity index (χ3n) is 9.51. The molecule has 3 heterocycles. The Morgan fingerprint density at radius 1 is 0.709 bits per heavy atom. The van der Waals surface area contributed by atoms with E-state index in [1.165, 1.54) is 0 Å². The standard InChI is InChI=1S/C43H37N5O7/c49-42-36-7-2-3-8-37(36)43(50)48(42)55-23-5-22-52-24-25-53-40-9-4-1-6-32(40)28-54-34-14-12-33(13-15-34)47-27-38(41(45-47)29-18-20-44-21-19-29)31-10-16-35-30(26-31)11-17-39(35)46-51/h1-4,6-10,12-16,18-21,26-27,51H,5,11,17,22-25,28H2. The number of rotatable bonds is 15. The SMILES string of the molecule is O=C1c2ccccc2C(=O)N1OCCCOCCOc1ccccc1COc1ccc(-n2cc(-c3ccc4c(c3)CCC4=NO)c(-c3ccncc3)n2)cc1. The lowest BCUT2D eigenvalue weighted by Gasteiger charge is -2.14. The summed E-state index contributed by atoms with van der Waals surface area (Å²) in [6.45, 7) is 1.55. The van der Waals surface area contributed by atoms with Crippen LogP contribution in [0.4, 0.5) is 0 Å². The second-order valence-electron chi connectivity index (χ2n) is 13.0. The average molecular weight is 736 g/mol. The Kier molecular flexibility index (Phi) is 10.4. The fourth-order valence-electron chi connectivity index (χ4n) is 6.72. The minimum atomic E-state index is -0.448. The number of benzene rings is 4. The first kappa shape index (κ1) is 35.4. The molecule has 4 aromatic carbocycles. The Hall–Kier alpha value is -6.63. The van der Waals surface area contributed by atoms with Crippen LogP contribution in [0, 0.1) is 0 Å². The molecule has 0 fully saturated rings. The van der Waals surface area contributed by atoms with Crippen molar-refractivity contribution in [2.75, 3.05) is 26.4 Å². The van der Waals surface area contributed by atoms with Gasteiger partial charge < -0.3 is 19.4 Å². The molecule has 12 heteroatoms. The summed E-state index contributed by atoms with van der Waals surface area (Å²) in [5.74, 6) is 0.509. The van der Waals surface area contributed by atoms with Gasteiger partial charge in [0, 0.05) is 47.5 Å². The van der Waals surface area contributed by atoms with Crippen molar-refractivity contribution in [2.24, 2.45) is 5.16 Å². The number of pyridine rings is 1. The molecule has 55 heavy (non-hydrogen) atoms. The fraction of sp³-hybridized carbons (Fsp3) is 0.186. The highest BCUT2D eigenvalue weighted by molar-refractivity contribution is 6.20. The molecule has 8 rings (SSSR count). The van der Waals surface area contributed by atoms with Crippen molar-refractivity contribution in [3.05, 3.63) is 150 Å². The molecule has 0 radical (unpaired) electrons. The van der Waals surface area contributed by atoms with Gasteiger partial charge in [0.15, 0.2) is 0 Å². The van der Waals surface area contributed by atoms with Gasteiger partial charge in [0.25, 0.3) is 11.8 Å². The number of fused-ring (bicyclic) bond motifs is 2. The molecule has 6 aromatic rings. The van der Waals surface area contributed by atoms with Gasteiger partial charge in [-0.2, -0.15) is 5.10 Å². The number of amides is 2. The Bertz CT molecular complexity index is 2320. The van der Waals surface area contributed by atoms with Crippen LogP contribution in [0.15, 0.2) is 127 Å². The Labute approximate surface area is 317 Å². The summed E-state index contributed by atoms with van der Waals surface area (Å²) in [5, 5.41) is 18.7. The van der Waals surface area contributed by atoms with Crippen LogP contribution in [-0.4, -0.2) is 69.0 Å². The molecule has 2 aromatic heterocycles. The van der Waals surface area contributed by atoms with E-state index >= 15 is 0 Å². The Morgan fingerprint density at radius 2 is 1.47 bits per heavy atom. The number of imide groups is 1. The maximum atomic E-state index is 12.4. The largest absolute Gasteiger partial charge is 0.491 e. The Morgan fingerprint density at radius 3 is 2.25 bits per heavy atom. The first-order valence-electron chi connectivity index (χ1n) is 18.0. The molecule has 1 N–H and O–H groups in total. The van der Waals surface area contributed by atoms with Gasteiger partial charge in [0.1, 0.15) is 30.4 Å². The minimum Gasteiger partial charge on any atom is -0.491 e. The quantitative estimate of drug-likeness (QED) is 0.0498. The van der Waals surface area contributed by atoms with Crippen molar-refractivity contribution in [3.63, 3.8) is 0 Å². The van der Waals surface area contributed by atoms with Crippen LogP contribution >= 0.6 is 0 Å². The van der Waals surface area contributed by atoms with Crippen molar-refractivity contribution in [2.45, 2.75) is 25.9 Å². The normalized spacial score (nSPS) is 14.0. The fourth-order valence-corrected chi connectivity index (χ4v) is 6.72. The van der Waals surface area contributed by atoms with Gasteiger partial charge in [0.2, 0.25) is 0 Å². The third kappa shape index (κ3) is 7.59. The molecule has 0 saturated heterocycles. The highest BCUT2D eigenvalue weighted by Crippen LogP contribution is 2.35. The van der Waals surface area contributed by atoms with E-state index in [0.29, 0.717) is 55.5 Å². The smallest absolute Gasteiger partial charge is 0.285 e. The summed E-state index contributed by atoms with van der Waals surface area (Å²) in [7, 11) is 0. The maximum absolute atomic E-state index is 12.4. The first-order chi connectivity index (χ1) is 27.1.